The Morgan fingerprint density at radius 2 is 1.50 bits per heavy atom. The molecule has 3 heterocycles. The summed E-state index contributed by atoms with van der Waals surface area (Å²) in [5.74, 6) is 0.569. The first-order valence-corrected chi connectivity index (χ1v) is 14.0. The van der Waals surface area contributed by atoms with Gasteiger partial charge in [0.05, 0.1) is 18.4 Å². The van der Waals surface area contributed by atoms with Crippen molar-refractivity contribution in [2.75, 3.05) is 53.7 Å². The van der Waals surface area contributed by atoms with Crippen molar-refractivity contribution in [1.82, 2.24) is 15.0 Å². The van der Waals surface area contributed by atoms with Crippen molar-refractivity contribution in [1.29, 1.82) is 0 Å². The molecule has 1 amide bonds. The van der Waals surface area contributed by atoms with Gasteiger partial charge < -0.3 is 53.2 Å². The molecule has 42 heavy (non-hydrogen) atoms. The number of aromatic hydroxyl groups is 1. The number of nitrogens with one attached hydrogen (secondary N) is 2. The first kappa shape index (κ1) is 29.5. The van der Waals surface area contributed by atoms with Crippen LogP contribution in [-0.4, -0.2) is 83.4 Å². The first-order chi connectivity index (χ1) is 20.1. The van der Waals surface area contributed by atoms with Crippen molar-refractivity contribution in [3.8, 4) is 11.5 Å². The summed E-state index contributed by atoms with van der Waals surface area (Å²) in [6, 6.07) is 8.90. The van der Waals surface area contributed by atoms with Crippen LogP contribution in [0, 0.1) is 0 Å². The van der Waals surface area contributed by atoms with Gasteiger partial charge in [0.25, 0.3) is 5.91 Å². The molecule has 2 aromatic carbocycles. The molecular formula is C27H36ClN11O3. The summed E-state index contributed by atoms with van der Waals surface area (Å²) in [7, 11) is 1.49. The number of methoxy groups -OCH3 is 1. The van der Waals surface area contributed by atoms with Gasteiger partial charge in [-0.2, -0.15) is 15.0 Å². The van der Waals surface area contributed by atoms with E-state index >= 15 is 0 Å². The number of benzene rings is 2. The number of hydrogen-bond donors (Lipinski definition) is 7. The molecule has 3 aromatic rings. The molecule has 1 aromatic heterocycles. The third kappa shape index (κ3) is 6.74. The molecule has 2 saturated heterocycles. The Morgan fingerprint density at radius 3 is 2.02 bits per heavy atom. The summed E-state index contributed by atoms with van der Waals surface area (Å²) in [5, 5.41) is 16.6. The number of phenols is 1. The van der Waals surface area contributed by atoms with Crippen LogP contribution in [0.4, 0.5) is 29.2 Å². The largest absolute Gasteiger partial charge is 0.507 e. The molecular weight excluding hydrogens is 562 g/mol. The van der Waals surface area contributed by atoms with E-state index in [0.717, 1.165) is 0 Å². The number of carbonyl (C=O) groups excluding carboxylic acids is 1. The van der Waals surface area contributed by atoms with Gasteiger partial charge in [-0.3, -0.25) is 4.79 Å². The van der Waals surface area contributed by atoms with Crippen LogP contribution < -0.4 is 48.1 Å². The van der Waals surface area contributed by atoms with E-state index in [1.54, 1.807) is 18.2 Å². The van der Waals surface area contributed by atoms with Crippen LogP contribution in [0.1, 0.15) is 23.2 Å². The van der Waals surface area contributed by atoms with E-state index < -0.39 is 5.91 Å². The van der Waals surface area contributed by atoms with Crippen LogP contribution in [0.5, 0.6) is 11.5 Å². The fraction of sp³-hybridized carbons (Fsp3) is 0.407. The Morgan fingerprint density at radius 1 is 0.929 bits per heavy atom. The number of amides is 1. The van der Waals surface area contributed by atoms with E-state index in [9.17, 15) is 9.90 Å². The number of anilines is 5. The Kier molecular flexibility index (Phi) is 8.80. The van der Waals surface area contributed by atoms with Crippen molar-refractivity contribution < 1.29 is 14.6 Å². The lowest BCUT2D eigenvalue weighted by Gasteiger charge is -2.37. The second kappa shape index (κ2) is 12.5. The molecule has 11 N–H and O–H groups in total. The summed E-state index contributed by atoms with van der Waals surface area (Å²) >= 11 is 5.94. The molecule has 4 atom stereocenters. The zero-order valence-corrected chi connectivity index (χ0v) is 24.0. The maximum atomic E-state index is 13.2. The number of halogens is 1. The number of piperidine rings is 2. The molecule has 0 spiro atoms. The maximum Gasteiger partial charge on any atom is 0.259 e. The van der Waals surface area contributed by atoms with Crippen LogP contribution in [-0.2, 0) is 0 Å². The summed E-state index contributed by atoms with van der Waals surface area (Å²) in [6.45, 7) is 2.11. The Labute approximate surface area is 248 Å². The lowest BCUT2D eigenvalue weighted by molar-refractivity contribution is 0.102. The van der Waals surface area contributed by atoms with Gasteiger partial charge in [-0.1, -0.05) is 17.7 Å². The van der Waals surface area contributed by atoms with Crippen LogP contribution in [0.3, 0.4) is 0 Å². The predicted octanol–water partition coefficient (Wildman–Crippen LogP) is 0.965. The molecule has 0 unspecified atom stereocenters. The normalized spacial score (nSPS) is 22.5. The minimum absolute atomic E-state index is 0.0385. The van der Waals surface area contributed by atoms with E-state index in [1.807, 2.05) is 9.80 Å². The van der Waals surface area contributed by atoms with Crippen LogP contribution in [0.2, 0.25) is 5.02 Å². The third-order valence-corrected chi connectivity index (χ3v) is 7.38. The van der Waals surface area contributed by atoms with E-state index in [1.165, 1.54) is 25.3 Å². The van der Waals surface area contributed by atoms with Gasteiger partial charge in [0.2, 0.25) is 17.8 Å². The Bertz CT molecular complexity index is 1380. The minimum Gasteiger partial charge on any atom is -0.507 e. The summed E-state index contributed by atoms with van der Waals surface area (Å²) in [4.78, 5) is 31.2. The molecule has 14 nitrogen and oxygen atoms in total. The highest BCUT2D eigenvalue weighted by Gasteiger charge is 2.29. The van der Waals surface area contributed by atoms with E-state index in [0.29, 0.717) is 73.1 Å². The van der Waals surface area contributed by atoms with Crippen LogP contribution in [0.25, 0.3) is 0 Å². The van der Waals surface area contributed by atoms with Gasteiger partial charge in [0.15, 0.2) is 0 Å². The molecule has 224 valence electrons. The Balaban J connectivity index is 1.51. The SMILES string of the molecule is COc1cccc(Nc2nc(N3C[C@H](N)C[C@H](N)C3)nc(N3C[C@H](N)C[C@H](N)C3)n2)c1NC(=O)c1ccc(Cl)cc1O. The predicted molar refractivity (Wildman–Crippen MR) is 163 cm³/mol. The highest BCUT2D eigenvalue weighted by atomic mass is 35.5. The number of carbonyl (C=O) groups is 1. The zero-order chi connectivity index (χ0) is 30.0. The fourth-order valence-corrected chi connectivity index (χ4v) is 5.48. The van der Waals surface area contributed by atoms with Gasteiger partial charge in [-0.15, -0.1) is 0 Å². The number of ether oxygens (including phenoxy) is 1. The number of aromatic nitrogens is 3. The number of rotatable bonds is 7. The third-order valence-electron chi connectivity index (χ3n) is 7.14. The van der Waals surface area contributed by atoms with Crippen molar-refractivity contribution in [3.63, 3.8) is 0 Å². The van der Waals surface area contributed by atoms with Crippen molar-refractivity contribution in [3.05, 3.63) is 47.0 Å². The fourth-order valence-electron chi connectivity index (χ4n) is 5.31. The number of nitrogens with two attached hydrogens (primary N) is 4. The smallest absolute Gasteiger partial charge is 0.259 e. The lowest BCUT2D eigenvalue weighted by atomic mass is 10.0. The van der Waals surface area contributed by atoms with Crippen LogP contribution >= 0.6 is 11.6 Å². The van der Waals surface area contributed by atoms with Crippen molar-refractivity contribution in [2.24, 2.45) is 22.9 Å². The molecule has 15 heteroatoms. The zero-order valence-electron chi connectivity index (χ0n) is 23.2. The lowest BCUT2D eigenvalue weighted by Crippen LogP contribution is -2.54. The maximum absolute atomic E-state index is 13.2. The number of hydrogen-bond acceptors (Lipinski definition) is 13. The summed E-state index contributed by atoms with van der Waals surface area (Å²) in [6.07, 6.45) is 1.40. The first-order valence-electron chi connectivity index (χ1n) is 13.6. The standard InChI is InChI=1S/C27H36ClN11O3/c1-42-22-4-2-3-20(23(22)34-24(41)19-6-5-14(28)7-21(19)40)33-25-35-26(38-10-15(29)8-16(30)11-38)37-27(36-25)39-12-17(31)9-18(32)13-39/h2-7,15-18,40H,8-13,29-32H2,1H3,(H,34,41)(H,33,35,36,37)/t15-,16+,17-,18+. The Hall–Kier alpha value is -3.95. The number of para-hydroxylation sites is 1. The monoisotopic (exact) mass is 597 g/mol. The van der Waals surface area contributed by atoms with Crippen LogP contribution in [0.15, 0.2) is 36.4 Å². The second-order valence-electron chi connectivity index (χ2n) is 10.7. The number of phenolic OH excluding ortho intramolecular Hbond substituents is 1. The average Bonchev–Trinajstić information content (AvgIpc) is 2.92. The second-order valence-corrected chi connectivity index (χ2v) is 11.1. The number of nitrogens with zero attached hydrogens (tertiary/aromatic N) is 5. The van der Waals surface area contributed by atoms with E-state index in [-0.39, 0.29) is 41.4 Å². The van der Waals surface area contributed by atoms with Gasteiger partial charge in [-0.25, -0.2) is 0 Å². The van der Waals surface area contributed by atoms with Crippen molar-refractivity contribution >= 4 is 46.7 Å². The quantitative estimate of drug-likeness (QED) is 0.202. The molecule has 0 saturated carbocycles. The van der Waals surface area contributed by atoms with Gasteiger partial charge >= 0.3 is 0 Å². The molecule has 0 bridgehead atoms. The van der Waals surface area contributed by atoms with E-state index in [4.69, 9.17) is 54.2 Å². The average molecular weight is 598 g/mol. The van der Waals surface area contributed by atoms with Gasteiger partial charge in [0, 0.05) is 55.4 Å². The summed E-state index contributed by atoms with van der Waals surface area (Å²) in [5.41, 5.74) is 25.9. The molecule has 0 aliphatic carbocycles. The molecule has 2 aliphatic rings. The highest BCUT2D eigenvalue weighted by Crippen LogP contribution is 2.35. The summed E-state index contributed by atoms with van der Waals surface area (Å²) < 4.78 is 5.53. The van der Waals surface area contributed by atoms with Gasteiger partial charge in [-0.05, 0) is 43.2 Å². The van der Waals surface area contributed by atoms with Crippen molar-refractivity contribution in [2.45, 2.75) is 37.0 Å². The molecule has 2 fully saturated rings. The highest BCUT2D eigenvalue weighted by molar-refractivity contribution is 6.31. The topological polar surface area (TPSA) is 220 Å². The molecule has 0 radical (unpaired) electrons. The molecule has 2 aliphatic heterocycles. The molecule has 5 rings (SSSR count). The van der Waals surface area contributed by atoms with Gasteiger partial charge in [0.1, 0.15) is 17.2 Å². The van der Waals surface area contributed by atoms with E-state index in [2.05, 4.69) is 10.6 Å². The minimum atomic E-state index is -0.568.